The molecule has 0 aliphatic carbocycles. The molecule has 2 N–H and O–H groups in total. The minimum absolute atomic E-state index is 0.0156. The van der Waals surface area contributed by atoms with Gasteiger partial charge >= 0.3 is 0 Å². The molecular weight excluding hydrogens is 567 g/mol. The molecule has 43 heavy (non-hydrogen) atoms. The van der Waals surface area contributed by atoms with Gasteiger partial charge in [-0.3, -0.25) is 9.59 Å². The van der Waals surface area contributed by atoms with E-state index < -0.39 is 21.4 Å². The van der Waals surface area contributed by atoms with E-state index in [0.29, 0.717) is 28.0 Å². The lowest BCUT2D eigenvalue weighted by Crippen LogP contribution is -2.52. The van der Waals surface area contributed by atoms with Crippen LogP contribution in [0.2, 0.25) is 0 Å². The quantitative estimate of drug-likeness (QED) is 0.297. The van der Waals surface area contributed by atoms with Gasteiger partial charge in [0.05, 0.1) is 22.8 Å². The average Bonchev–Trinajstić information content (AvgIpc) is 3.67. The van der Waals surface area contributed by atoms with Gasteiger partial charge in [-0.05, 0) is 64.7 Å². The van der Waals surface area contributed by atoms with E-state index in [1.807, 2.05) is 36.4 Å². The normalized spacial score (nSPS) is 18.2. The van der Waals surface area contributed by atoms with Crippen molar-refractivity contribution < 1.29 is 22.4 Å². The Hall–Kier alpha value is -5.22. The van der Waals surface area contributed by atoms with Gasteiger partial charge in [0.25, 0.3) is 21.8 Å². The maximum absolute atomic E-state index is 13.8. The third kappa shape index (κ3) is 4.29. The van der Waals surface area contributed by atoms with Crippen LogP contribution in [0.5, 0.6) is 0 Å². The number of fused-ring (bicyclic) bond motifs is 2. The Morgan fingerprint density at radius 2 is 1.63 bits per heavy atom. The molecule has 2 aliphatic heterocycles. The number of halogens is 1. The highest BCUT2D eigenvalue weighted by atomic mass is 32.2. The highest BCUT2D eigenvalue weighted by Gasteiger charge is 2.48. The van der Waals surface area contributed by atoms with E-state index in [0.717, 1.165) is 16.5 Å². The van der Waals surface area contributed by atoms with Gasteiger partial charge in [-0.2, -0.15) is 0 Å². The van der Waals surface area contributed by atoms with Crippen molar-refractivity contribution in [1.82, 2.24) is 19.5 Å². The standard InChI is InChI=1S/C33H25FN4O4S/c1-21-35-32(40)33(36-21,20-37-19-25-9-13-27(34)18-29(25)31(37)39)26-11-7-22(8-12-26)23-10-14-30-24(17-23)15-16-38(30)43(41,42)28-5-3-2-4-6-28/h2-18,36H,1,19-20H2,(H,35,40)/t33-/m0/s1. The fourth-order valence-electron chi connectivity index (χ4n) is 5.90. The molecule has 0 bridgehead atoms. The number of benzene rings is 4. The second kappa shape index (κ2) is 9.67. The summed E-state index contributed by atoms with van der Waals surface area (Å²) in [5, 5.41) is 6.63. The Morgan fingerprint density at radius 1 is 0.884 bits per heavy atom. The maximum atomic E-state index is 13.8. The molecule has 5 aromatic rings. The fourth-order valence-corrected chi connectivity index (χ4v) is 7.28. The molecule has 1 fully saturated rings. The van der Waals surface area contributed by atoms with Crippen LogP contribution in [0.1, 0.15) is 21.5 Å². The van der Waals surface area contributed by atoms with E-state index in [4.69, 9.17) is 0 Å². The topological polar surface area (TPSA) is 101 Å². The van der Waals surface area contributed by atoms with Crippen molar-refractivity contribution in [1.29, 1.82) is 0 Å². The molecule has 8 nitrogen and oxygen atoms in total. The number of nitrogens with zero attached hydrogens (tertiary/aromatic N) is 2. The summed E-state index contributed by atoms with van der Waals surface area (Å²) in [5.41, 5.74) is 2.62. The Bertz CT molecular complexity index is 2070. The Balaban J connectivity index is 1.19. The SMILES string of the molecule is C=C1NC(=O)[C@](CN2Cc3ccc(F)cc3C2=O)(c2ccc(-c3ccc4c(ccn4S(=O)(=O)c4ccccc4)c3)cc2)N1. The van der Waals surface area contributed by atoms with Crippen LogP contribution in [0, 0.1) is 5.82 Å². The highest BCUT2D eigenvalue weighted by molar-refractivity contribution is 7.90. The average molecular weight is 593 g/mol. The summed E-state index contributed by atoms with van der Waals surface area (Å²) >= 11 is 0. The third-order valence-corrected chi connectivity index (χ3v) is 9.76. The zero-order valence-electron chi connectivity index (χ0n) is 22.7. The van der Waals surface area contributed by atoms with Gasteiger partial charge in [-0.15, -0.1) is 0 Å². The molecule has 1 aromatic heterocycles. The summed E-state index contributed by atoms with van der Waals surface area (Å²) < 4.78 is 41.5. The molecule has 2 amide bonds. The number of hydrogen-bond donors (Lipinski definition) is 2. The molecule has 0 saturated carbocycles. The number of rotatable bonds is 6. The first-order chi connectivity index (χ1) is 20.7. The maximum Gasteiger partial charge on any atom is 0.268 e. The molecular formula is C33H25FN4O4S. The largest absolute Gasteiger partial charge is 0.353 e. The van der Waals surface area contributed by atoms with Crippen molar-refractivity contribution in [2.45, 2.75) is 17.0 Å². The first kappa shape index (κ1) is 26.7. The Kier molecular flexibility index (Phi) is 6.00. The number of carbonyl (C=O) groups excluding carboxylic acids is 2. The summed E-state index contributed by atoms with van der Waals surface area (Å²) in [7, 11) is -3.75. The summed E-state index contributed by atoms with van der Waals surface area (Å²) in [6.07, 6.45) is 1.55. The summed E-state index contributed by atoms with van der Waals surface area (Å²) in [6, 6.07) is 27.1. The molecule has 0 spiro atoms. The summed E-state index contributed by atoms with van der Waals surface area (Å²) in [5.74, 6) is -0.851. The van der Waals surface area contributed by atoms with E-state index in [9.17, 15) is 22.4 Å². The smallest absolute Gasteiger partial charge is 0.268 e. The predicted octanol–water partition coefficient (Wildman–Crippen LogP) is 4.73. The molecule has 7 rings (SSSR count). The van der Waals surface area contributed by atoms with Crippen molar-refractivity contribution in [2.24, 2.45) is 0 Å². The van der Waals surface area contributed by atoms with E-state index in [1.54, 1.807) is 54.7 Å². The molecule has 10 heteroatoms. The number of hydrogen-bond acceptors (Lipinski definition) is 5. The van der Waals surface area contributed by atoms with Crippen molar-refractivity contribution >= 4 is 32.7 Å². The van der Waals surface area contributed by atoms with E-state index in [1.165, 1.54) is 21.0 Å². The molecule has 2 aliphatic rings. The number of carbonyl (C=O) groups is 2. The van der Waals surface area contributed by atoms with Crippen LogP contribution in [0.15, 0.2) is 121 Å². The van der Waals surface area contributed by atoms with Crippen molar-refractivity contribution in [3.05, 3.63) is 138 Å². The van der Waals surface area contributed by atoms with Crippen molar-refractivity contribution in [3.8, 4) is 11.1 Å². The van der Waals surface area contributed by atoms with Crippen LogP contribution in [0.25, 0.3) is 22.0 Å². The van der Waals surface area contributed by atoms with Gasteiger partial charge in [0.15, 0.2) is 5.54 Å². The van der Waals surface area contributed by atoms with Gasteiger partial charge in [0.1, 0.15) is 5.82 Å². The van der Waals surface area contributed by atoms with Crippen molar-refractivity contribution in [2.75, 3.05) is 6.54 Å². The lowest BCUT2D eigenvalue weighted by atomic mass is 9.88. The van der Waals surface area contributed by atoms with E-state index in [-0.39, 0.29) is 29.8 Å². The van der Waals surface area contributed by atoms with Crippen LogP contribution in [0.4, 0.5) is 4.39 Å². The zero-order chi connectivity index (χ0) is 29.9. The summed E-state index contributed by atoms with van der Waals surface area (Å²) in [4.78, 5) is 28.2. The zero-order valence-corrected chi connectivity index (χ0v) is 23.6. The Labute approximate surface area is 247 Å². The minimum Gasteiger partial charge on any atom is -0.353 e. The van der Waals surface area contributed by atoms with Gasteiger partial charge in [-0.25, -0.2) is 16.8 Å². The van der Waals surface area contributed by atoms with Crippen LogP contribution in [-0.2, 0) is 26.9 Å². The molecule has 4 aromatic carbocycles. The van der Waals surface area contributed by atoms with Gasteiger partial charge in [0.2, 0.25) is 0 Å². The summed E-state index contributed by atoms with van der Waals surface area (Å²) in [6.45, 7) is 4.14. The Morgan fingerprint density at radius 3 is 2.35 bits per heavy atom. The second-order valence-corrected chi connectivity index (χ2v) is 12.5. The monoisotopic (exact) mass is 592 g/mol. The van der Waals surface area contributed by atoms with Gasteiger partial charge < -0.3 is 15.5 Å². The molecule has 3 heterocycles. The molecule has 1 atom stereocenters. The van der Waals surface area contributed by atoms with E-state index in [2.05, 4.69) is 17.2 Å². The third-order valence-electron chi connectivity index (χ3n) is 8.06. The number of aromatic nitrogens is 1. The highest BCUT2D eigenvalue weighted by Crippen LogP contribution is 2.34. The van der Waals surface area contributed by atoms with Gasteiger partial charge in [-0.1, -0.05) is 61.2 Å². The molecule has 1 saturated heterocycles. The minimum atomic E-state index is -3.75. The number of amides is 2. The number of nitrogens with one attached hydrogen (secondary N) is 2. The molecule has 0 radical (unpaired) electrons. The van der Waals surface area contributed by atoms with Crippen LogP contribution >= 0.6 is 0 Å². The van der Waals surface area contributed by atoms with Gasteiger partial charge in [0, 0.05) is 23.7 Å². The first-order valence-corrected chi connectivity index (χ1v) is 15.0. The fraction of sp³-hybridized carbons (Fsp3) is 0.0909. The lowest BCUT2D eigenvalue weighted by molar-refractivity contribution is -0.124. The predicted molar refractivity (Wildman–Crippen MR) is 160 cm³/mol. The van der Waals surface area contributed by atoms with Crippen LogP contribution in [-0.4, -0.2) is 35.6 Å². The molecule has 0 unspecified atom stereocenters. The second-order valence-electron chi connectivity index (χ2n) is 10.7. The van der Waals surface area contributed by atoms with Crippen molar-refractivity contribution in [3.63, 3.8) is 0 Å². The first-order valence-electron chi connectivity index (χ1n) is 13.5. The molecule has 214 valence electrons. The van der Waals surface area contributed by atoms with E-state index >= 15 is 0 Å². The van der Waals surface area contributed by atoms with Crippen LogP contribution in [0.3, 0.4) is 0 Å². The lowest BCUT2D eigenvalue weighted by Gasteiger charge is -2.32. The van der Waals surface area contributed by atoms with Crippen LogP contribution < -0.4 is 10.6 Å².